The van der Waals surface area contributed by atoms with Gasteiger partial charge in [0.05, 0.1) is 13.0 Å². The van der Waals surface area contributed by atoms with Crippen LogP contribution in [0.1, 0.15) is 28.7 Å². The number of ether oxygens (including phenoxy) is 1. The van der Waals surface area contributed by atoms with Crippen LogP contribution in [0.5, 0.6) is 0 Å². The molecule has 1 aliphatic heterocycles. The summed E-state index contributed by atoms with van der Waals surface area (Å²) in [5, 5.41) is 18.7. The molecule has 0 saturated carbocycles. The number of benzene rings is 2. The number of esters is 1. The first-order chi connectivity index (χ1) is 20.7. The van der Waals surface area contributed by atoms with E-state index < -0.39 is 29.5 Å². The number of carbonyl (C=O) groups excluding carboxylic acids is 1. The number of piperazine rings is 1. The van der Waals surface area contributed by atoms with Crippen molar-refractivity contribution in [2.45, 2.75) is 50.4 Å². The zero-order valence-electron chi connectivity index (χ0n) is 23.9. The normalized spacial score (nSPS) is 17.1. The molecule has 1 saturated heterocycles. The lowest BCUT2D eigenvalue weighted by Crippen LogP contribution is -2.53. The molecule has 1 fully saturated rings. The van der Waals surface area contributed by atoms with Crippen LogP contribution >= 0.6 is 0 Å². The zero-order chi connectivity index (χ0) is 32.1. The lowest BCUT2D eigenvalue weighted by Gasteiger charge is -2.41. The molecule has 0 bridgehead atoms. The zero-order valence-corrected chi connectivity index (χ0v) is 23.9. The molecule has 2 heterocycles. The van der Waals surface area contributed by atoms with Gasteiger partial charge in [0.2, 0.25) is 0 Å². The second-order valence-corrected chi connectivity index (χ2v) is 10.8. The summed E-state index contributed by atoms with van der Waals surface area (Å²) in [4.78, 5) is 20.9. The maximum atomic E-state index is 13.3. The van der Waals surface area contributed by atoms with E-state index in [0.717, 1.165) is 35.4 Å². The molecule has 0 radical (unpaired) electrons. The number of hydrogen-bond donors (Lipinski definition) is 2. The fourth-order valence-corrected chi connectivity index (χ4v) is 5.42. The van der Waals surface area contributed by atoms with Gasteiger partial charge in [0.25, 0.3) is 5.60 Å². The molecule has 2 N–H and O–H groups in total. The van der Waals surface area contributed by atoms with Gasteiger partial charge in [0, 0.05) is 56.7 Å². The molecule has 44 heavy (non-hydrogen) atoms. The van der Waals surface area contributed by atoms with Crippen LogP contribution in [0.4, 0.5) is 26.3 Å². The van der Waals surface area contributed by atoms with E-state index >= 15 is 0 Å². The highest BCUT2D eigenvalue weighted by atomic mass is 19.4. The van der Waals surface area contributed by atoms with Crippen molar-refractivity contribution in [1.82, 2.24) is 14.8 Å². The number of aliphatic hydroxyl groups is 2. The second kappa shape index (κ2) is 13.6. The van der Waals surface area contributed by atoms with E-state index in [0.29, 0.717) is 49.4 Å². The van der Waals surface area contributed by atoms with Gasteiger partial charge in [-0.05, 0) is 46.9 Å². The largest absolute Gasteiger partial charge is 0.463 e. The highest BCUT2D eigenvalue weighted by Crippen LogP contribution is 2.50. The van der Waals surface area contributed by atoms with Crippen molar-refractivity contribution in [3.63, 3.8) is 0 Å². The number of carbonyl (C=O) groups is 1. The van der Waals surface area contributed by atoms with E-state index in [-0.39, 0.29) is 25.7 Å². The maximum Gasteiger partial charge on any atom is 0.430 e. The average Bonchev–Trinajstić information content (AvgIpc) is 2.96. The minimum absolute atomic E-state index is 0.0837. The number of pyridine rings is 1. The summed E-state index contributed by atoms with van der Waals surface area (Å²) in [5.74, 6) is -0.419. The Kier molecular flexibility index (Phi) is 10.3. The van der Waals surface area contributed by atoms with Crippen LogP contribution in [0.3, 0.4) is 0 Å². The number of aryl methyl sites for hydroxylation is 1. The molecule has 1 aromatic heterocycles. The van der Waals surface area contributed by atoms with Crippen molar-refractivity contribution in [3.8, 4) is 11.1 Å². The number of rotatable bonds is 10. The Hall–Kier alpha value is -3.52. The fraction of sp³-hybridized carbons (Fsp3) is 0.419. The molecule has 1 aliphatic rings. The number of nitrogens with zero attached hydrogens (tertiary/aromatic N) is 3. The van der Waals surface area contributed by atoms with Crippen LogP contribution in [0.25, 0.3) is 11.1 Å². The monoisotopic (exact) mass is 625 g/mol. The number of halogens is 6. The van der Waals surface area contributed by atoms with Crippen molar-refractivity contribution in [2.24, 2.45) is 0 Å². The highest BCUT2D eigenvalue weighted by molar-refractivity contribution is 5.70. The predicted octanol–water partition coefficient (Wildman–Crippen LogP) is 4.98. The Labute approximate surface area is 250 Å². The third-order valence-corrected chi connectivity index (χ3v) is 7.71. The molecule has 0 aliphatic carbocycles. The van der Waals surface area contributed by atoms with Crippen LogP contribution in [-0.4, -0.2) is 82.2 Å². The van der Waals surface area contributed by atoms with Crippen LogP contribution in [0.15, 0.2) is 67.0 Å². The van der Waals surface area contributed by atoms with Crippen molar-refractivity contribution < 1.29 is 46.1 Å². The third-order valence-electron chi connectivity index (χ3n) is 7.71. The molecule has 0 amide bonds. The average molecular weight is 626 g/mol. The SMILES string of the molecule is Cc1cc(CN2CCN(Cc3ccncc3)CC2CC(=O)OCCO)ccc1-c1ccc(C(O)(C(F)(F)F)C(F)(F)F)cc1. The molecule has 2 aromatic carbocycles. The Balaban J connectivity index is 1.50. The molecular weight excluding hydrogens is 592 g/mol. The van der Waals surface area contributed by atoms with Crippen molar-refractivity contribution in [3.05, 3.63) is 89.2 Å². The highest BCUT2D eigenvalue weighted by Gasteiger charge is 2.71. The lowest BCUT2D eigenvalue weighted by molar-refractivity contribution is -0.376. The summed E-state index contributed by atoms with van der Waals surface area (Å²) >= 11 is 0. The van der Waals surface area contributed by atoms with Crippen LogP contribution < -0.4 is 0 Å². The number of alkyl halides is 6. The van der Waals surface area contributed by atoms with Gasteiger partial charge in [-0.3, -0.25) is 19.6 Å². The number of aliphatic hydroxyl groups excluding tert-OH is 1. The van der Waals surface area contributed by atoms with Gasteiger partial charge in [-0.25, -0.2) is 0 Å². The summed E-state index contributed by atoms with van der Waals surface area (Å²) in [5.41, 5.74) is -2.57. The summed E-state index contributed by atoms with van der Waals surface area (Å²) < 4.78 is 84.7. The van der Waals surface area contributed by atoms with E-state index in [4.69, 9.17) is 9.84 Å². The minimum atomic E-state index is -5.96. The Bertz CT molecular complexity index is 1390. The molecular formula is C31H33F6N3O4. The molecule has 1 atom stereocenters. The maximum absolute atomic E-state index is 13.3. The quantitative estimate of drug-likeness (QED) is 0.243. The van der Waals surface area contributed by atoms with Gasteiger partial charge in [-0.2, -0.15) is 26.3 Å². The summed E-state index contributed by atoms with van der Waals surface area (Å²) in [6.07, 6.45) is -8.34. The summed E-state index contributed by atoms with van der Waals surface area (Å²) in [6, 6.07) is 12.6. The van der Waals surface area contributed by atoms with Gasteiger partial charge in [0.15, 0.2) is 0 Å². The van der Waals surface area contributed by atoms with Gasteiger partial charge >= 0.3 is 18.3 Å². The first-order valence-corrected chi connectivity index (χ1v) is 13.9. The van der Waals surface area contributed by atoms with Crippen LogP contribution in [-0.2, 0) is 28.2 Å². The van der Waals surface area contributed by atoms with E-state index in [1.165, 1.54) is 0 Å². The first kappa shape index (κ1) is 33.4. The fourth-order valence-electron chi connectivity index (χ4n) is 5.42. The molecule has 4 rings (SSSR count). The molecule has 3 aromatic rings. The smallest absolute Gasteiger partial charge is 0.430 e. The topological polar surface area (TPSA) is 86.1 Å². The standard InChI is InChI=1S/C31H33F6N3O4/c1-21-16-23(2-7-27(21)24-3-5-25(6-4-24)29(43,30(32,33)34)31(35,36)37)19-40-13-12-39(18-22-8-10-38-11-9-22)20-26(40)17-28(42)44-15-14-41/h2-11,16,26,41,43H,12-15,17-20H2,1H3. The van der Waals surface area contributed by atoms with Crippen molar-refractivity contribution in [1.29, 1.82) is 0 Å². The third kappa shape index (κ3) is 7.57. The van der Waals surface area contributed by atoms with Crippen molar-refractivity contribution in [2.75, 3.05) is 32.8 Å². The van der Waals surface area contributed by atoms with Crippen molar-refractivity contribution >= 4 is 5.97 Å². The Morgan fingerprint density at radius 3 is 2.18 bits per heavy atom. The first-order valence-electron chi connectivity index (χ1n) is 13.9. The van der Waals surface area contributed by atoms with E-state index in [9.17, 15) is 36.2 Å². The Morgan fingerprint density at radius 1 is 0.932 bits per heavy atom. The van der Waals surface area contributed by atoms with E-state index in [1.54, 1.807) is 25.4 Å². The lowest BCUT2D eigenvalue weighted by atomic mass is 9.90. The van der Waals surface area contributed by atoms with E-state index in [1.807, 2.05) is 24.3 Å². The summed E-state index contributed by atoms with van der Waals surface area (Å²) in [7, 11) is 0. The molecule has 1 unspecified atom stereocenters. The van der Waals surface area contributed by atoms with E-state index in [2.05, 4.69) is 14.8 Å². The van der Waals surface area contributed by atoms with Crippen LogP contribution in [0.2, 0.25) is 0 Å². The predicted molar refractivity (Wildman–Crippen MR) is 149 cm³/mol. The van der Waals surface area contributed by atoms with Gasteiger partial charge in [-0.1, -0.05) is 42.5 Å². The molecule has 13 heteroatoms. The van der Waals surface area contributed by atoms with Crippen LogP contribution in [0, 0.1) is 6.92 Å². The Morgan fingerprint density at radius 2 is 1.59 bits per heavy atom. The summed E-state index contributed by atoms with van der Waals surface area (Å²) in [6.45, 7) is 4.61. The minimum Gasteiger partial charge on any atom is -0.463 e. The molecule has 0 spiro atoms. The van der Waals surface area contributed by atoms with Gasteiger partial charge in [-0.15, -0.1) is 0 Å². The molecule has 7 nitrogen and oxygen atoms in total. The molecule has 238 valence electrons. The van der Waals surface area contributed by atoms with Gasteiger partial charge < -0.3 is 14.9 Å². The number of aromatic nitrogens is 1. The number of hydrogen-bond acceptors (Lipinski definition) is 7. The second-order valence-electron chi connectivity index (χ2n) is 10.8. The van der Waals surface area contributed by atoms with Gasteiger partial charge in [0.1, 0.15) is 6.61 Å².